The van der Waals surface area contributed by atoms with Crippen molar-refractivity contribution in [2.45, 2.75) is 26.8 Å². The summed E-state index contributed by atoms with van der Waals surface area (Å²) in [5.74, 6) is 0.742. The van der Waals surface area contributed by atoms with Crippen molar-refractivity contribution in [3.63, 3.8) is 0 Å². The molecule has 2 rings (SSSR count). The zero-order valence-corrected chi connectivity index (χ0v) is 9.77. The van der Waals surface area contributed by atoms with E-state index in [0.717, 1.165) is 30.0 Å². The fourth-order valence-electron chi connectivity index (χ4n) is 1.76. The van der Waals surface area contributed by atoms with Crippen molar-refractivity contribution in [2.24, 2.45) is 0 Å². The summed E-state index contributed by atoms with van der Waals surface area (Å²) >= 11 is 0. The summed E-state index contributed by atoms with van der Waals surface area (Å²) in [7, 11) is 0. The molecule has 0 aliphatic carbocycles. The van der Waals surface area contributed by atoms with Gasteiger partial charge >= 0.3 is 0 Å². The van der Waals surface area contributed by atoms with E-state index in [9.17, 15) is 0 Å². The third kappa shape index (κ3) is 1.81. The molecule has 0 aliphatic rings. The first kappa shape index (κ1) is 10.7. The molecule has 84 valence electrons. The Kier molecular flexibility index (Phi) is 2.95. The predicted octanol–water partition coefficient (Wildman–Crippen LogP) is 2.71. The van der Waals surface area contributed by atoms with E-state index < -0.39 is 0 Å². The van der Waals surface area contributed by atoms with Crippen molar-refractivity contribution < 1.29 is 0 Å². The van der Waals surface area contributed by atoms with Crippen molar-refractivity contribution in [3.8, 4) is 11.3 Å². The maximum Gasteiger partial charge on any atom is 0.131 e. The zero-order valence-electron chi connectivity index (χ0n) is 9.77. The Morgan fingerprint density at radius 2 is 1.88 bits per heavy atom. The van der Waals surface area contributed by atoms with Gasteiger partial charge in [0.05, 0.1) is 6.33 Å². The Hall–Kier alpha value is -1.77. The molecular formula is C13H17N3. The lowest BCUT2D eigenvalue weighted by Gasteiger charge is -2.03. The van der Waals surface area contributed by atoms with Crippen molar-refractivity contribution in [1.82, 2.24) is 9.55 Å². The van der Waals surface area contributed by atoms with Crippen LogP contribution in [0.15, 0.2) is 30.6 Å². The van der Waals surface area contributed by atoms with Crippen molar-refractivity contribution in [2.75, 3.05) is 5.73 Å². The lowest BCUT2D eigenvalue weighted by atomic mass is 10.1. The normalized spacial score (nSPS) is 10.6. The highest BCUT2D eigenvalue weighted by atomic mass is 15.1. The first-order valence-corrected chi connectivity index (χ1v) is 5.66. The Labute approximate surface area is 95.9 Å². The van der Waals surface area contributed by atoms with E-state index in [-0.39, 0.29) is 0 Å². The minimum absolute atomic E-state index is 0.742. The topological polar surface area (TPSA) is 43.8 Å². The van der Waals surface area contributed by atoms with Crippen LogP contribution in [0.3, 0.4) is 0 Å². The number of hydrogen-bond acceptors (Lipinski definition) is 2. The molecule has 3 nitrogen and oxygen atoms in total. The van der Waals surface area contributed by atoms with Crippen LogP contribution in [0.5, 0.6) is 0 Å². The van der Waals surface area contributed by atoms with Gasteiger partial charge in [-0.3, -0.25) is 0 Å². The minimum Gasteiger partial charge on any atom is -0.383 e. The Bertz CT molecular complexity index is 468. The predicted molar refractivity (Wildman–Crippen MR) is 67.1 cm³/mol. The average molecular weight is 215 g/mol. The maximum atomic E-state index is 6.02. The van der Waals surface area contributed by atoms with Gasteiger partial charge < -0.3 is 10.3 Å². The van der Waals surface area contributed by atoms with E-state index in [2.05, 4.69) is 43.1 Å². The van der Waals surface area contributed by atoms with Gasteiger partial charge in [-0.05, 0) is 18.9 Å². The highest BCUT2D eigenvalue weighted by molar-refractivity contribution is 5.70. The van der Waals surface area contributed by atoms with E-state index in [4.69, 9.17) is 5.73 Å². The zero-order chi connectivity index (χ0) is 11.5. The summed E-state index contributed by atoms with van der Waals surface area (Å²) in [4.78, 5) is 4.35. The van der Waals surface area contributed by atoms with Crippen molar-refractivity contribution in [3.05, 3.63) is 36.2 Å². The lowest BCUT2D eigenvalue weighted by Crippen LogP contribution is -1.99. The number of hydrogen-bond donors (Lipinski definition) is 1. The molecule has 0 saturated carbocycles. The number of rotatable bonds is 3. The first-order valence-electron chi connectivity index (χ1n) is 5.66. The van der Waals surface area contributed by atoms with Crippen LogP contribution >= 0.6 is 0 Å². The van der Waals surface area contributed by atoms with Gasteiger partial charge in [0.25, 0.3) is 0 Å². The average Bonchev–Trinajstić information content (AvgIpc) is 2.70. The van der Waals surface area contributed by atoms with Crippen LogP contribution in [0.4, 0.5) is 5.82 Å². The maximum absolute atomic E-state index is 6.02. The molecule has 1 heterocycles. The molecule has 0 unspecified atom stereocenters. The number of anilines is 1. The van der Waals surface area contributed by atoms with E-state index in [1.807, 2.05) is 4.57 Å². The molecule has 0 bridgehead atoms. The number of aryl methyl sites for hydroxylation is 2. The molecule has 0 aliphatic heterocycles. The van der Waals surface area contributed by atoms with Crippen molar-refractivity contribution in [1.29, 1.82) is 0 Å². The van der Waals surface area contributed by atoms with Gasteiger partial charge in [-0.15, -0.1) is 0 Å². The summed E-state index contributed by atoms with van der Waals surface area (Å²) in [6, 6.07) is 8.41. The summed E-state index contributed by atoms with van der Waals surface area (Å²) in [6.07, 6.45) is 2.84. The van der Waals surface area contributed by atoms with E-state index in [0.29, 0.717) is 0 Å². The molecule has 3 heteroatoms. The van der Waals surface area contributed by atoms with Gasteiger partial charge in [-0.2, -0.15) is 0 Å². The number of benzene rings is 1. The van der Waals surface area contributed by atoms with Crippen LogP contribution in [-0.4, -0.2) is 9.55 Å². The van der Waals surface area contributed by atoms with E-state index in [1.165, 1.54) is 5.56 Å². The van der Waals surface area contributed by atoms with Crippen LogP contribution in [0.2, 0.25) is 0 Å². The third-order valence-corrected chi connectivity index (χ3v) is 2.85. The van der Waals surface area contributed by atoms with Gasteiger partial charge in [0, 0.05) is 12.1 Å². The summed E-state index contributed by atoms with van der Waals surface area (Å²) in [6.45, 7) is 5.06. The van der Waals surface area contributed by atoms with Gasteiger partial charge in [0.15, 0.2) is 0 Å². The summed E-state index contributed by atoms with van der Waals surface area (Å²) < 4.78 is 1.95. The first-order chi connectivity index (χ1) is 7.76. The van der Waals surface area contributed by atoms with Crippen LogP contribution in [-0.2, 0) is 13.0 Å². The van der Waals surface area contributed by atoms with Gasteiger partial charge in [0.2, 0.25) is 0 Å². The molecular weight excluding hydrogens is 198 g/mol. The quantitative estimate of drug-likeness (QED) is 0.855. The Morgan fingerprint density at radius 3 is 2.38 bits per heavy atom. The van der Waals surface area contributed by atoms with E-state index >= 15 is 0 Å². The van der Waals surface area contributed by atoms with Crippen LogP contribution in [0.25, 0.3) is 11.3 Å². The molecule has 0 atom stereocenters. The highest BCUT2D eigenvalue weighted by Crippen LogP contribution is 2.24. The van der Waals surface area contributed by atoms with Gasteiger partial charge in [-0.25, -0.2) is 4.98 Å². The SMILES string of the molecule is CCc1ccc(-c2ncn(CC)c2N)cc1. The number of nitrogens with zero attached hydrogens (tertiary/aromatic N) is 2. The number of nitrogen functional groups attached to an aromatic ring is 1. The van der Waals surface area contributed by atoms with Crippen molar-refractivity contribution >= 4 is 5.82 Å². The molecule has 1 aromatic carbocycles. The molecule has 0 fully saturated rings. The molecule has 1 aromatic heterocycles. The standard InChI is InChI=1S/C13H17N3/c1-3-10-5-7-11(8-6-10)12-13(14)16(4-2)9-15-12/h5-9H,3-4,14H2,1-2H3. The molecule has 0 spiro atoms. The second-order valence-electron chi connectivity index (χ2n) is 3.81. The lowest BCUT2D eigenvalue weighted by molar-refractivity contribution is 0.771. The number of imidazole rings is 1. The molecule has 0 amide bonds. The molecule has 16 heavy (non-hydrogen) atoms. The van der Waals surface area contributed by atoms with Crippen LogP contribution in [0.1, 0.15) is 19.4 Å². The smallest absolute Gasteiger partial charge is 0.131 e. The van der Waals surface area contributed by atoms with Crippen LogP contribution in [0, 0.1) is 0 Å². The second-order valence-corrected chi connectivity index (χ2v) is 3.81. The summed E-state index contributed by atoms with van der Waals surface area (Å²) in [5, 5.41) is 0. The van der Waals surface area contributed by atoms with Gasteiger partial charge in [0.1, 0.15) is 11.5 Å². The van der Waals surface area contributed by atoms with Gasteiger partial charge in [-0.1, -0.05) is 31.2 Å². The molecule has 2 aromatic rings. The summed E-state index contributed by atoms with van der Waals surface area (Å²) in [5.41, 5.74) is 9.31. The fraction of sp³-hybridized carbons (Fsp3) is 0.308. The Balaban J connectivity index is 2.38. The largest absolute Gasteiger partial charge is 0.383 e. The third-order valence-electron chi connectivity index (χ3n) is 2.85. The Morgan fingerprint density at radius 1 is 1.19 bits per heavy atom. The minimum atomic E-state index is 0.742. The molecule has 2 N–H and O–H groups in total. The fourth-order valence-corrected chi connectivity index (χ4v) is 1.76. The number of nitrogens with two attached hydrogens (primary N) is 1. The highest BCUT2D eigenvalue weighted by Gasteiger charge is 2.08. The molecule has 0 radical (unpaired) electrons. The van der Waals surface area contributed by atoms with Crippen LogP contribution < -0.4 is 5.73 Å². The number of aromatic nitrogens is 2. The van der Waals surface area contributed by atoms with E-state index in [1.54, 1.807) is 6.33 Å². The molecule has 0 saturated heterocycles. The monoisotopic (exact) mass is 215 g/mol. The second kappa shape index (κ2) is 4.39.